The largest absolute Gasteiger partial charge is 0.463 e. The third-order valence-corrected chi connectivity index (χ3v) is 4.02. The van der Waals surface area contributed by atoms with Crippen molar-refractivity contribution in [1.29, 1.82) is 0 Å². The predicted molar refractivity (Wildman–Crippen MR) is 71.2 cm³/mol. The van der Waals surface area contributed by atoms with Crippen LogP contribution < -0.4 is 11.1 Å². The minimum Gasteiger partial charge on any atom is -0.463 e. The summed E-state index contributed by atoms with van der Waals surface area (Å²) in [7, 11) is 1.30. The molecular formula is C13H18N4O3. The second-order valence-corrected chi connectivity index (χ2v) is 5.15. The molecule has 108 valence electrons. The molecule has 1 aliphatic carbocycles. The number of carbonyl (C=O) groups excluding carboxylic acids is 1. The van der Waals surface area contributed by atoms with E-state index in [1.807, 2.05) is 0 Å². The maximum absolute atomic E-state index is 11.4. The molecule has 0 amide bonds. The molecule has 2 aliphatic rings. The Kier molecular flexibility index (Phi) is 3.54. The topological polar surface area (TPSA) is 99.4 Å². The van der Waals surface area contributed by atoms with Crippen LogP contribution in [0.3, 0.4) is 0 Å². The molecule has 4 atom stereocenters. The van der Waals surface area contributed by atoms with Gasteiger partial charge in [0.1, 0.15) is 5.82 Å². The van der Waals surface area contributed by atoms with Gasteiger partial charge in [0.05, 0.1) is 19.3 Å². The highest BCUT2D eigenvalue weighted by Crippen LogP contribution is 2.38. The summed E-state index contributed by atoms with van der Waals surface area (Å²) in [6.07, 6.45) is 3.84. The first-order valence-electron chi connectivity index (χ1n) is 6.76. The molecule has 7 heteroatoms. The molecular weight excluding hydrogens is 260 g/mol. The van der Waals surface area contributed by atoms with Gasteiger partial charge in [-0.2, -0.15) is 0 Å². The van der Waals surface area contributed by atoms with Crippen molar-refractivity contribution >= 4 is 11.8 Å². The standard InChI is InChI=1S/C13H18N4O3/c1-19-13(18)12-15-5-4-8(17-12)16-10-9(14)7-3-2-6-20-11(7)10/h4-5,7,9-11H,2-3,6,14H2,1H3,(H,15,16,17). The molecule has 7 nitrogen and oxygen atoms in total. The lowest BCUT2D eigenvalue weighted by Gasteiger charge is -2.52. The fourth-order valence-corrected chi connectivity index (χ4v) is 2.93. The summed E-state index contributed by atoms with van der Waals surface area (Å²) < 4.78 is 10.4. The minimum atomic E-state index is -0.557. The maximum atomic E-state index is 11.4. The van der Waals surface area contributed by atoms with Crippen molar-refractivity contribution in [2.45, 2.75) is 31.0 Å². The number of nitrogens with zero attached hydrogens (tertiary/aromatic N) is 2. The highest BCUT2D eigenvalue weighted by molar-refractivity contribution is 5.85. The smallest absolute Gasteiger partial charge is 0.376 e. The molecule has 4 unspecified atom stereocenters. The first-order valence-corrected chi connectivity index (χ1v) is 6.76. The van der Waals surface area contributed by atoms with Crippen molar-refractivity contribution < 1.29 is 14.3 Å². The van der Waals surface area contributed by atoms with E-state index in [1.165, 1.54) is 13.3 Å². The number of fused-ring (bicyclic) bond motifs is 1. The Bertz CT molecular complexity index is 510. The SMILES string of the molecule is COC(=O)c1nccc(NC2C(N)C3CCCOC32)n1. The van der Waals surface area contributed by atoms with Crippen LogP contribution in [0.4, 0.5) is 5.82 Å². The third-order valence-electron chi connectivity index (χ3n) is 4.02. The number of rotatable bonds is 3. The molecule has 20 heavy (non-hydrogen) atoms. The molecule has 2 fully saturated rings. The molecule has 1 aromatic heterocycles. The van der Waals surface area contributed by atoms with Gasteiger partial charge in [-0.15, -0.1) is 0 Å². The Morgan fingerprint density at radius 2 is 2.45 bits per heavy atom. The van der Waals surface area contributed by atoms with E-state index >= 15 is 0 Å². The lowest BCUT2D eigenvalue weighted by atomic mass is 9.68. The average molecular weight is 278 g/mol. The highest BCUT2D eigenvalue weighted by Gasteiger charge is 2.50. The average Bonchev–Trinajstić information content (AvgIpc) is 2.51. The normalized spacial score (nSPS) is 31.9. The third kappa shape index (κ3) is 2.23. The summed E-state index contributed by atoms with van der Waals surface area (Å²) in [4.78, 5) is 19.4. The fraction of sp³-hybridized carbons (Fsp3) is 0.615. The van der Waals surface area contributed by atoms with Gasteiger partial charge in [0.15, 0.2) is 0 Å². The summed E-state index contributed by atoms with van der Waals surface area (Å²) in [6, 6.07) is 1.78. The number of carbonyl (C=O) groups is 1. The zero-order valence-electron chi connectivity index (χ0n) is 11.3. The summed E-state index contributed by atoms with van der Waals surface area (Å²) in [5.74, 6) is 0.460. The Hall–Kier alpha value is -1.73. The van der Waals surface area contributed by atoms with Crippen LogP contribution in [0.25, 0.3) is 0 Å². The van der Waals surface area contributed by atoms with Crippen LogP contribution in [0.5, 0.6) is 0 Å². The van der Waals surface area contributed by atoms with Crippen LogP contribution in [0.15, 0.2) is 12.3 Å². The van der Waals surface area contributed by atoms with E-state index in [-0.39, 0.29) is 24.0 Å². The minimum absolute atomic E-state index is 0.0284. The number of hydrogen-bond acceptors (Lipinski definition) is 7. The lowest BCUT2D eigenvalue weighted by molar-refractivity contribution is -0.104. The summed E-state index contributed by atoms with van der Waals surface area (Å²) in [5, 5.41) is 3.24. The molecule has 1 aliphatic heterocycles. The van der Waals surface area contributed by atoms with Gasteiger partial charge in [0, 0.05) is 24.8 Å². The molecule has 2 heterocycles. The van der Waals surface area contributed by atoms with Crippen LogP contribution >= 0.6 is 0 Å². The second-order valence-electron chi connectivity index (χ2n) is 5.15. The molecule has 1 aromatic rings. The van der Waals surface area contributed by atoms with Crippen LogP contribution in [0.1, 0.15) is 23.5 Å². The molecule has 1 saturated carbocycles. The highest BCUT2D eigenvalue weighted by atomic mass is 16.5. The van der Waals surface area contributed by atoms with E-state index in [0.717, 1.165) is 19.4 Å². The number of aromatic nitrogens is 2. The summed E-state index contributed by atoms with van der Waals surface area (Å²) in [5.41, 5.74) is 6.17. The first-order chi connectivity index (χ1) is 9.70. The van der Waals surface area contributed by atoms with Gasteiger partial charge in [-0.25, -0.2) is 14.8 Å². The number of esters is 1. The predicted octanol–water partition coefficient (Wildman–Crippen LogP) is 0.180. The van der Waals surface area contributed by atoms with Crippen LogP contribution in [-0.4, -0.2) is 47.8 Å². The fourth-order valence-electron chi connectivity index (χ4n) is 2.93. The first kappa shape index (κ1) is 13.3. The van der Waals surface area contributed by atoms with Gasteiger partial charge in [0.2, 0.25) is 5.82 Å². The van der Waals surface area contributed by atoms with E-state index < -0.39 is 5.97 Å². The Morgan fingerprint density at radius 3 is 3.25 bits per heavy atom. The van der Waals surface area contributed by atoms with Crippen molar-refractivity contribution in [1.82, 2.24) is 9.97 Å². The Morgan fingerprint density at radius 1 is 1.60 bits per heavy atom. The van der Waals surface area contributed by atoms with Gasteiger partial charge in [-0.3, -0.25) is 0 Å². The summed E-state index contributed by atoms with van der Waals surface area (Å²) in [6.45, 7) is 0.781. The second kappa shape index (κ2) is 5.34. The molecule has 3 N–H and O–H groups in total. The van der Waals surface area contributed by atoms with Crippen molar-refractivity contribution in [3.05, 3.63) is 18.1 Å². The number of hydrogen-bond donors (Lipinski definition) is 2. The Balaban J connectivity index is 1.70. The van der Waals surface area contributed by atoms with Gasteiger partial charge in [0.25, 0.3) is 0 Å². The lowest BCUT2D eigenvalue weighted by Crippen LogP contribution is -2.69. The molecule has 0 spiro atoms. The molecule has 1 saturated heterocycles. The van der Waals surface area contributed by atoms with Crippen molar-refractivity contribution in [3.8, 4) is 0 Å². The number of anilines is 1. The zero-order chi connectivity index (χ0) is 14.1. The number of ether oxygens (including phenoxy) is 2. The van der Waals surface area contributed by atoms with Crippen LogP contribution in [-0.2, 0) is 9.47 Å². The zero-order valence-corrected chi connectivity index (χ0v) is 11.3. The Labute approximate surface area is 116 Å². The van der Waals surface area contributed by atoms with Crippen molar-refractivity contribution in [3.63, 3.8) is 0 Å². The van der Waals surface area contributed by atoms with Gasteiger partial charge < -0.3 is 20.5 Å². The monoisotopic (exact) mass is 278 g/mol. The molecule has 0 bridgehead atoms. The molecule has 3 rings (SSSR count). The van der Waals surface area contributed by atoms with Gasteiger partial charge in [-0.1, -0.05) is 0 Å². The summed E-state index contributed by atoms with van der Waals surface area (Å²) >= 11 is 0. The van der Waals surface area contributed by atoms with Gasteiger partial charge in [-0.05, 0) is 18.9 Å². The maximum Gasteiger partial charge on any atom is 0.376 e. The van der Waals surface area contributed by atoms with Gasteiger partial charge >= 0.3 is 5.97 Å². The van der Waals surface area contributed by atoms with E-state index in [2.05, 4.69) is 20.0 Å². The van der Waals surface area contributed by atoms with E-state index in [0.29, 0.717) is 11.7 Å². The van der Waals surface area contributed by atoms with Crippen molar-refractivity contribution in [2.75, 3.05) is 19.0 Å². The molecule has 0 radical (unpaired) electrons. The molecule has 0 aromatic carbocycles. The number of methoxy groups -OCH3 is 1. The quantitative estimate of drug-likeness (QED) is 0.761. The van der Waals surface area contributed by atoms with Crippen molar-refractivity contribution in [2.24, 2.45) is 11.7 Å². The number of nitrogens with one attached hydrogen (secondary N) is 1. The van der Waals surface area contributed by atoms with Crippen LogP contribution in [0, 0.1) is 5.92 Å². The number of nitrogens with two attached hydrogens (primary N) is 1. The van der Waals surface area contributed by atoms with E-state index in [9.17, 15) is 4.79 Å². The van der Waals surface area contributed by atoms with E-state index in [1.54, 1.807) is 6.07 Å². The van der Waals surface area contributed by atoms with Crippen LogP contribution in [0.2, 0.25) is 0 Å². The van der Waals surface area contributed by atoms with E-state index in [4.69, 9.17) is 10.5 Å².